The van der Waals surface area contributed by atoms with Crippen molar-refractivity contribution in [2.24, 2.45) is 5.92 Å². The second-order valence-corrected chi connectivity index (χ2v) is 8.59. The Morgan fingerprint density at radius 1 is 1.56 bits per heavy atom. The number of hydrogen-bond donors (Lipinski definition) is 2. The Morgan fingerprint density at radius 2 is 2.11 bits per heavy atom. The maximum atomic E-state index is 12.0. The van der Waals surface area contributed by atoms with Crippen LogP contribution in [0.3, 0.4) is 0 Å². The molecule has 1 heterocycles. The molecule has 0 unspecified atom stereocenters. The van der Waals surface area contributed by atoms with Gasteiger partial charge < -0.3 is 5.11 Å². The van der Waals surface area contributed by atoms with E-state index < -0.39 is 22.0 Å². The molecule has 1 atom stereocenters. The normalized spacial score (nSPS) is 13.8. The van der Waals surface area contributed by atoms with Crippen molar-refractivity contribution in [3.63, 3.8) is 0 Å². The summed E-state index contributed by atoms with van der Waals surface area (Å²) in [5.74, 6) is -1.58. The van der Waals surface area contributed by atoms with Crippen molar-refractivity contribution in [1.29, 1.82) is 0 Å². The molecule has 5 nitrogen and oxygen atoms in total. The second-order valence-electron chi connectivity index (χ2n) is 3.87. The SMILES string of the molecule is CC(C)[C@@H](NS(=O)(=O)c1cc(Cl)c(Br)s1)C(=O)O. The number of carboxylic acid groups (broad SMARTS) is 1. The fraction of sp³-hybridized carbons (Fsp3) is 0.444. The number of hydrogen-bond acceptors (Lipinski definition) is 4. The Balaban J connectivity index is 3.04. The summed E-state index contributed by atoms with van der Waals surface area (Å²) in [5, 5.41) is 9.23. The smallest absolute Gasteiger partial charge is 0.322 e. The zero-order valence-electron chi connectivity index (χ0n) is 9.48. The molecule has 2 N–H and O–H groups in total. The predicted molar refractivity (Wildman–Crippen MR) is 73.6 cm³/mol. The molecule has 1 rings (SSSR count). The molecule has 1 aromatic rings. The van der Waals surface area contributed by atoms with Crippen LogP contribution >= 0.6 is 38.9 Å². The van der Waals surface area contributed by atoms with Crippen LogP contribution in [-0.4, -0.2) is 25.5 Å². The van der Waals surface area contributed by atoms with Gasteiger partial charge in [0.05, 0.1) is 8.81 Å². The first kappa shape index (κ1) is 15.9. The van der Waals surface area contributed by atoms with Crippen molar-refractivity contribution < 1.29 is 18.3 Å². The van der Waals surface area contributed by atoms with Gasteiger partial charge in [-0.2, -0.15) is 4.72 Å². The lowest BCUT2D eigenvalue weighted by atomic mass is 10.1. The molecule has 0 fully saturated rings. The van der Waals surface area contributed by atoms with E-state index in [-0.39, 0.29) is 15.1 Å². The number of halogens is 2. The zero-order valence-corrected chi connectivity index (χ0v) is 13.5. The van der Waals surface area contributed by atoms with Crippen LogP contribution in [0.2, 0.25) is 5.02 Å². The summed E-state index contributed by atoms with van der Waals surface area (Å²) >= 11 is 9.79. The van der Waals surface area contributed by atoms with Gasteiger partial charge in [-0.1, -0.05) is 25.4 Å². The third-order valence-electron chi connectivity index (χ3n) is 2.10. The highest BCUT2D eigenvalue weighted by Gasteiger charge is 2.29. The maximum absolute atomic E-state index is 12.0. The molecule has 0 radical (unpaired) electrons. The zero-order chi connectivity index (χ0) is 14.1. The average Bonchev–Trinajstić information content (AvgIpc) is 2.56. The van der Waals surface area contributed by atoms with Crippen molar-refractivity contribution >= 4 is 54.9 Å². The molecule has 0 spiro atoms. The molecule has 0 amide bonds. The van der Waals surface area contributed by atoms with Crippen LogP contribution < -0.4 is 4.72 Å². The number of rotatable bonds is 5. The molecule has 102 valence electrons. The van der Waals surface area contributed by atoms with E-state index in [1.807, 2.05) is 0 Å². The number of thiophene rings is 1. The topological polar surface area (TPSA) is 83.5 Å². The summed E-state index contributed by atoms with van der Waals surface area (Å²) in [7, 11) is -3.88. The first-order valence-corrected chi connectivity index (χ1v) is 8.32. The molecular formula is C9H11BrClNO4S2. The molecule has 0 aliphatic rings. The first-order valence-electron chi connectivity index (χ1n) is 4.85. The van der Waals surface area contributed by atoms with Gasteiger partial charge >= 0.3 is 5.97 Å². The van der Waals surface area contributed by atoms with Crippen LogP contribution in [0.5, 0.6) is 0 Å². The highest BCUT2D eigenvalue weighted by Crippen LogP contribution is 2.34. The summed E-state index contributed by atoms with van der Waals surface area (Å²) in [6.07, 6.45) is 0. The summed E-state index contributed by atoms with van der Waals surface area (Å²) in [4.78, 5) is 11.0. The molecule has 1 aromatic heterocycles. The Bertz CT molecular complexity index is 535. The molecule has 0 aliphatic carbocycles. The van der Waals surface area contributed by atoms with Crippen molar-refractivity contribution in [3.8, 4) is 0 Å². The Labute approximate surface area is 122 Å². The molecule has 0 saturated carbocycles. The molecule has 0 bridgehead atoms. The predicted octanol–water partition coefficient (Wildman–Crippen LogP) is 2.55. The van der Waals surface area contributed by atoms with E-state index in [9.17, 15) is 13.2 Å². The largest absolute Gasteiger partial charge is 0.480 e. The number of aliphatic carboxylic acids is 1. The van der Waals surface area contributed by atoms with E-state index >= 15 is 0 Å². The molecular weight excluding hydrogens is 366 g/mol. The van der Waals surface area contributed by atoms with Gasteiger partial charge in [-0.25, -0.2) is 8.42 Å². The minimum Gasteiger partial charge on any atom is -0.480 e. The van der Waals surface area contributed by atoms with Gasteiger partial charge in [-0.3, -0.25) is 4.79 Å². The fourth-order valence-electron chi connectivity index (χ4n) is 1.16. The minimum absolute atomic E-state index is 0.0220. The Morgan fingerprint density at radius 3 is 2.44 bits per heavy atom. The van der Waals surface area contributed by atoms with Gasteiger partial charge in [0.2, 0.25) is 0 Å². The van der Waals surface area contributed by atoms with E-state index in [2.05, 4.69) is 20.7 Å². The lowest BCUT2D eigenvalue weighted by molar-refractivity contribution is -0.140. The number of nitrogens with one attached hydrogen (secondary N) is 1. The fourth-order valence-corrected chi connectivity index (χ4v) is 4.91. The van der Waals surface area contributed by atoms with Gasteiger partial charge in [0.25, 0.3) is 10.0 Å². The van der Waals surface area contributed by atoms with Crippen molar-refractivity contribution in [2.45, 2.75) is 24.1 Å². The van der Waals surface area contributed by atoms with Crippen molar-refractivity contribution in [2.75, 3.05) is 0 Å². The number of carbonyl (C=O) groups is 1. The van der Waals surface area contributed by atoms with E-state index in [0.717, 1.165) is 11.3 Å². The van der Waals surface area contributed by atoms with Crippen LogP contribution in [0.25, 0.3) is 0 Å². The van der Waals surface area contributed by atoms with Crippen LogP contribution in [0.4, 0.5) is 0 Å². The van der Waals surface area contributed by atoms with Crippen LogP contribution in [0, 0.1) is 5.92 Å². The van der Waals surface area contributed by atoms with E-state index in [4.69, 9.17) is 16.7 Å². The third kappa shape index (κ3) is 3.67. The molecule has 9 heteroatoms. The minimum atomic E-state index is -3.88. The van der Waals surface area contributed by atoms with E-state index in [1.165, 1.54) is 6.07 Å². The number of carboxylic acids is 1. The third-order valence-corrected chi connectivity index (χ3v) is 6.49. The van der Waals surface area contributed by atoms with Crippen molar-refractivity contribution in [1.82, 2.24) is 4.72 Å². The molecule has 0 aliphatic heterocycles. The second kappa shape index (κ2) is 5.87. The highest BCUT2D eigenvalue weighted by atomic mass is 79.9. The summed E-state index contributed by atoms with van der Waals surface area (Å²) in [6, 6.07) is 0.104. The summed E-state index contributed by atoms with van der Waals surface area (Å²) in [5.41, 5.74) is 0. The lowest BCUT2D eigenvalue weighted by Gasteiger charge is -2.17. The van der Waals surface area contributed by atoms with Gasteiger partial charge in [0.15, 0.2) is 0 Å². The van der Waals surface area contributed by atoms with E-state index in [1.54, 1.807) is 13.8 Å². The van der Waals surface area contributed by atoms with Gasteiger partial charge in [0.1, 0.15) is 10.3 Å². The Kier molecular flexibility index (Phi) is 5.19. The van der Waals surface area contributed by atoms with Gasteiger partial charge in [-0.05, 0) is 27.9 Å². The molecule has 0 aromatic carbocycles. The molecule has 18 heavy (non-hydrogen) atoms. The highest BCUT2D eigenvalue weighted by molar-refractivity contribution is 9.11. The standard InChI is InChI=1S/C9H11BrClNO4S2/c1-4(2)7(9(13)14)12-18(15,16)6-3-5(11)8(10)17-6/h3-4,7,12H,1-2H3,(H,13,14)/t7-/m1/s1. The lowest BCUT2D eigenvalue weighted by Crippen LogP contribution is -2.43. The molecule has 0 saturated heterocycles. The first-order chi connectivity index (χ1) is 8.15. The van der Waals surface area contributed by atoms with Crippen LogP contribution in [-0.2, 0) is 14.8 Å². The number of sulfonamides is 1. The van der Waals surface area contributed by atoms with Crippen LogP contribution in [0.15, 0.2) is 14.1 Å². The quantitative estimate of drug-likeness (QED) is 0.827. The van der Waals surface area contributed by atoms with Gasteiger partial charge in [-0.15, -0.1) is 11.3 Å². The average molecular weight is 377 g/mol. The van der Waals surface area contributed by atoms with Gasteiger partial charge in [0, 0.05) is 0 Å². The van der Waals surface area contributed by atoms with Crippen LogP contribution in [0.1, 0.15) is 13.8 Å². The maximum Gasteiger partial charge on any atom is 0.322 e. The Hall–Kier alpha value is -0.150. The monoisotopic (exact) mass is 375 g/mol. The van der Waals surface area contributed by atoms with Crippen molar-refractivity contribution in [3.05, 3.63) is 14.9 Å². The summed E-state index contributed by atoms with van der Waals surface area (Å²) < 4.78 is 26.6. The summed E-state index contributed by atoms with van der Waals surface area (Å²) in [6.45, 7) is 3.25. The van der Waals surface area contributed by atoms with E-state index in [0.29, 0.717) is 3.79 Å².